The molecule has 1 aliphatic rings. The number of hydrogen-bond donors (Lipinski definition) is 1. The summed E-state index contributed by atoms with van der Waals surface area (Å²) in [6.45, 7) is 7.30. The summed E-state index contributed by atoms with van der Waals surface area (Å²) in [5, 5.41) is 0.0131. The number of benzene rings is 2. The van der Waals surface area contributed by atoms with Gasteiger partial charge in [-0.15, -0.1) is 0 Å². The highest BCUT2D eigenvalue weighted by atomic mass is 35.5. The number of amides is 1. The summed E-state index contributed by atoms with van der Waals surface area (Å²) in [4.78, 5) is 14.4. The lowest BCUT2D eigenvalue weighted by atomic mass is 9.98. The van der Waals surface area contributed by atoms with Gasteiger partial charge >= 0.3 is 0 Å². The molecular formula is C21H24ClFN2O3S. The lowest BCUT2D eigenvalue weighted by Gasteiger charge is -2.30. The second kappa shape index (κ2) is 7.70. The van der Waals surface area contributed by atoms with E-state index >= 15 is 0 Å². The number of anilines is 1. The lowest BCUT2D eigenvalue weighted by molar-refractivity contribution is 0.0984. The largest absolute Gasteiger partial charge is 0.305 e. The lowest BCUT2D eigenvalue weighted by Crippen LogP contribution is -2.40. The van der Waals surface area contributed by atoms with Crippen LogP contribution < -0.4 is 9.62 Å². The fourth-order valence-corrected chi connectivity index (χ4v) is 5.44. The molecule has 0 atom stereocenters. The first kappa shape index (κ1) is 21.7. The standard InChI is InChI=1S/C21H24ClFN2O3S/c1-13-10-14-6-5-9-25(19(14)17(23)11-13)20(26)15-7-8-16(22)18(12-15)29(27,28)24-21(2,3)4/h7-8,10-12,24H,5-6,9H2,1-4H3. The number of halogens is 2. The summed E-state index contributed by atoms with van der Waals surface area (Å²) in [6.07, 6.45) is 1.39. The van der Waals surface area contributed by atoms with Crippen LogP contribution in [0, 0.1) is 12.7 Å². The molecule has 2 aromatic carbocycles. The normalized spacial score (nSPS) is 14.6. The van der Waals surface area contributed by atoms with Crippen LogP contribution in [0.5, 0.6) is 0 Å². The highest BCUT2D eigenvalue weighted by Crippen LogP contribution is 2.33. The van der Waals surface area contributed by atoms with E-state index in [1.807, 2.05) is 13.0 Å². The first-order chi connectivity index (χ1) is 13.4. The van der Waals surface area contributed by atoms with Crippen molar-refractivity contribution in [1.29, 1.82) is 0 Å². The Morgan fingerprint density at radius 3 is 2.55 bits per heavy atom. The van der Waals surface area contributed by atoms with Gasteiger partial charge in [0.2, 0.25) is 10.0 Å². The van der Waals surface area contributed by atoms with Crippen LogP contribution >= 0.6 is 11.6 Å². The minimum absolute atomic E-state index is 0.0131. The molecule has 0 bridgehead atoms. The Morgan fingerprint density at radius 1 is 1.21 bits per heavy atom. The van der Waals surface area contributed by atoms with Crippen LogP contribution in [-0.2, 0) is 16.4 Å². The maximum absolute atomic E-state index is 14.7. The molecule has 0 spiro atoms. The molecule has 1 heterocycles. The Labute approximate surface area is 175 Å². The van der Waals surface area contributed by atoms with Crippen LogP contribution in [0.4, 0.5) is 10.1 Å². The fraction of sp³-hybridized carbons (Fsp3) is 0.381. The zero-order chi connectivity index (χ0) is 21.6. The molecule has 0 saturated heterocycles. The molecule has 29 heavy (non-hydrogen) atoms. The molecule has 0 unspecified atom stereocenters. The molecular weight excluding hydrogens is 415 g/mol. The van der Waals surface area contributed by atoms with Gasteiger partial charge in [0.15, 0.2) is 0 Å². The van der Waals surface area contributed by atoms with E-state index in [1.165, 1.54) is 29.2 Å². The predicted octanol–water partition coefficient (Wildman–Crippen LogP) is 4.46. The van der Waals surface area contributed by atoms with E-state index in [1.54, 1.807) is 20.8 Å². The van der Waals surface area contributed by atoms with Crippen LogP contribution in [0.3, 0.4) is 0 Å². The van der Waals surface area contributed by atoms with Crippen molar-refractivity contribution in [3.63, 3.8) is 0 Å². The van der Waals surface area contributed by atoms with Gasteiger partial charge in [-0.3, -0.25) is 4.79 Å². The average molecular weight is 439 g/mol. The van der Waals surface area contributed by atoms with E-state index in [-0.39, 0.29) is 21.2 Å². The minimum Gasteiger partial charge on any atom is -0.305 e. The number of fused-ring (bicyclic) bond motifs is 1. The fourth-order valence-electron chi connectivity index (χ4n) is 3.50. The molecule has 1 aliphatic heterocycles. The molecule has 0 aliphatic carbocycles. The van der Waals surface area contributed by atoms with Gasteiger partial charge in [-0.2, -0.15) is 0 Å². The number of carbonyl (C=O) groups is 1. The molecule has 0 aromatic heterocycles. The van der Waals surface area contributed by atoms with Crippen molar-refractivity contribution in [3.05, 3.63) is 57.9 Å². The van der Waals surface area contributed by atoms with E-state index in [4.69, 9.17) is 11.6 Å². The van der Waals surface area contributed by atoms with Gasteiger partial charge in [-0.05, 0) is 75.9 Å². The van der Waals surface area contributed by atoms with Gasteiger partial charge < -0.3 is 4.90 Å². The number of nitrogens with zero attached hydrogens (tertiary/aromatic N) is 1. The summed E-state index contributed by atoms with van der Waals surface area (Å²) in [7, 11) is -3.94. The topological polar surface area (TPSA) is 66.5 Å². The number of sulfonamides is 1. The van der Waals surface area contributed by atoms with Crippen LogP contribution in [0.1, 0.15) is 48.7 Å². The van der Waals surface area contributed by atoms with Crippen LogP contribution in [-0.4, -0.2) is 26.4 Å². The number of hydrogen-bond acceptors (Lipinski definition) is 3. The Bertz CT molecular complexity index is 1080. The van der Waals surface area contributed by atoms with Gasteiger partial charge in [0, 0.05) is 17.6 Å². The summed E-state index contributed by atoms with van der Waals surface area (Å²) < 4.78 is 42.6. The molecule has 3 rings (SSSR count). The molecule has 0 fully saturated rings. The first-order valence-electron chi connectivity index (χ1n) is 9.33. The second-order valence-electron chi connectivity index (χ2n) is 8.32. The maximum atomic E-state index is 14.7. The van der Waals surface area contributed by atoms with Gasteiger partial charge in [0.05, 0.1) is 10.7 Å². The van der Waals surface area contributed by atoms with E-state index in [0.29, 0.717) is 19.4 Å². The summed E-state index contributed by atoms with van der Waals surface area (Å²) in [5.74, 6) is -0.915. The molecule has 2 aromatic rings. The number of rotatable bonds is 3. The second-order valence-corrected chi connectivity index (χ2v) is 10.4. The van der Waals surface area contributed by atoms with Gasteiger partial charge in [0.1, 0.15) is 10.7 Å². The van der Waals surface area contributed by atoms with Crippen molar-refractivity contribution in [2.45, 2.75) is 51.0 Å². The van der Waals surface area contributed by atoms with Crippen LogP contribution in [0.2, 0.25) is 5.02 Å². The van der Waals surface area contributed by atoms with Crippen LogP contribution in [0.15, 0.2) is 35.2 Å². The monoisotopic (exact) mass is 438 g/mol. The van der Waals surface area contributed by atoms with Gasteiger partial charge in [-0.25, -0.2) is 17.5 Å². The minimum atomic E-state index is -3.94. The summed E-state index contributed by atoms with van der Waals surface area (Å²) in [6, 6.07) is 7.36. The van der Waals surface area contributed by atoms with Crippen LogP contribution in [0.25, 0.3) is 0 Å². The van der Waals surface area contributed by atoms with Crippen molar-refractivity contribution < 1.29 is 17.6 Å². The van der Waals surface area contributed by atoms with E-state index in [9.17, 15) is 17.6 Å². The van der Waals surface area contributed by atoms with E-state index < -0.39 is 27.3 Å². The molecule has 5 nitrogen and oxygen atoms in total. The molecule has 8 heteroatoms. The molecule has 1 N–H and O–H groups in total. The summed E-state index contributed by atoms with van der Waals surface area (Å²) in [5.41, 5.74) is 1.26. The summed E-state index contributed by atoms with van der Waals surface area (Å²) >= 11 is 6.12. The number of nitrogens with one attached hydrogen (secondary N) is 1. The highest BCUT2D eigenvalue weighted by Gasteiger charge is 2.29. The van der Waals surface area contributed by atoms with Crippen molar-refractivity contribution >= 4 is 33.2 Å². The Kier molecular flexibility index (Phi) is 5.77. The van der Waals surface area contributed by atoms with E-state index in [2.05, 4.69) is 4.72 Å². The maximum Gasteiger partial charge on any atom is 0.258 e. The smallest absolute Gasteiger partial charge is 0.258 e. The predicted molar refractivity (Wildman–Crippen MR) is 113 cm³/mol. The zero-order valence-corrected chi connectivity index (χ0v) is 18.4. The van der Waals surface area contributed by atoms with Crippen molar-refractivity contribution in [2.75, 3.05) is 11.4 Å². The Hall–Kier alpha value is -1.96. The van der Waals surface area contributed by atoms with Crippen molar-refractivity contribution in [2.24, 2.45) is 0 Å². The SMILES string of the molecule is Cc1cc(F)c2c(c1)CCCN2C(=O)c1ccc(Cl)c(S(=O)(=O)NC(C)(C)C)c1. The van der Waals surface area contributed by atoms with Crippen molar-refractivity contribution in [1.82, 2.24) is 4.72 Å². The third-order valence-electron chi connectivity index (χ3n) is 4.54. The molecule has 156 valence electrons. The average Bonchev–Trinajstić information content (AvgIpc) is 2.58. The van der Waals surface area contributed by atoms with Gasteiger partial charge in [-0.1, -0.05) is 17.7 Å². The first-order valence-corrected chi connectivity index (χ1v) is 11.2. The zero-order valence-electron chi connectivity index (χ0n) is 16.8. The van der Waals surface area contributed by atoms with Gasteiger partial charge in [0.25, 0.3) is 5.91 Å². The molecule has 0 radical (unpaired) electrons. The number of carbonyl (C=O) groups excluding carboxylic acids is 1. The van der Waals surface area contributed by atoms with Crippen molar-refractivity contribution in [3.8, 4) is 0 Å². The van der Waals surface area contributed by atoms with E-state index in [0.717, 1.165) is 11.1 Å². The third-order valence-corrected chi connectivity index (χ3v) is 6.78. The third kappa shape index (κ3) is 4.63. The quantitative estimate of drug-likeness (QED) is 0.769. The number of aryl methyl sites for hydroxylation is 2. The molecule has 0 saturated carbocycles. The Morgan fingerprint density at radius 2 is 1.90 bits per heavy atom. The molecule has 1 amide bonds. The Balaban J connectivity index is 2.03. The highest BCUT2D eigenvalue weighted by molar-refractivity contribution is 7.89.